The molecule has 0 radical (unpaired) electrons. The molecule has 0 aliphatic carbocycles. The number of likely N-dealkylation sites (tertiary alicyclic amines) is 1. The van der Waals surface area contributed by atoms with Crippen LogP contribution in [0.15, 0.2) is 23.2 Å². The minimum absolute atomic E-state index is 0.280. The molecule has 2 aliphatic rings. The topological polar surface area (TPSA) is 57.1 Å². The van der Waals surface area contributed by atoms with E-state index in [1.54, 1.807) is 13.1 Å². The lowest BCUT2D eigenvalue weighted by Gasteiger charge is -2.25. The third-order valence-electron chi connectivity index (χ3n) is 4.60. The number of benzene rings is 1. The summed E-state index contributed by atoms with van der Waals surface area (Å²) in [6.07, 6.45) is 2.24. The maximum Gasteiger partial charge on any atom is 0.193 e. The van der Waals surface area contributed by atoms with Crippen molar-refractivity contribution in [1.82, 2.24) is 10.2 Å². The molecular formula is C16H22FN3O2. The summed E-state index contributed by atoms with van der Waals surface area (Å²) in [7, 11) is 1.76. The Bertz CT molecular complexity index is 571. The van der Waals surface area contributed by atoms with Gasteiger partial charge < -0.3 is 20.1 Å². The van der Waals surface area contributed by atoms with Gasteiger partial charge in [-0.25, -0.2) is 4.39 Å². The maximum absolute atomic E-state index is 13.4. The Labute approximate surface area is 129 Å². The number of ether oxygens (including phenoxy) is 1. The Morgan fingerprint density at radius 3 is 3.05 bits per heavy atom. The van der Waals surface area contributed by atoms with E-state index >= 15 is 0 Å². The van der Waals surface area contributed by atoms with Crippen molar-refractivity contribution in [3.05, 3.63) is 29.6 Å². The first-order chi connectivity index (χ1) is 10.6. The number of hydrogen-bond donors (Lipinski definition) is 2. The molecule has 120 valence electrons. The van der Waals surface area contributed by atoms with Crippen LogP contribution in [0.4, 0.5) is 4.39 Å². The fourth-order valence-corrected chi connectivity index (χ4v) is 3.26. The molecule has 6 heteroatoms. The van der Waals surface area contributed by atoms with E-state index in [0.717, 1.165) is 50.7 Å². The maximum atomic E-state index is 13.4. The van der Waals surface area contributed by atoms with E-state index in [-0.39, 0.29) is 11.2 Å². The number of nitrogens with one attached hydrogen (secondary N) is 1. The van der Waals surface area contributed by atoms with Crippen LogP contribution < -0.4 is 5.32 Å². The van der Waals surface area contributed by atoms with Crippen LogP contribution in [-0.2, 0) is 11.3 Å². The van der Waals surface area contributed by atoms with Crippen LogP contribution in [0.3, 0.4) is 0 Å². The summed E-state index contributed by atoms with van der Waals surface area (Å²) in [6.45, 7) is 4.09. The van der Waals surface area contributed by atoms with Gasteiger partial charge in [0, 0.05) is 38.7 Å². The quantitative estimate of drug-likeness (QED) is 0.645. The molecule has 2 saturated heterocycles. The molecule has 2 N–H and O–H groups in total. The number of phenols is 1. The molecule has 2 heterocycles. The molecule has 5 nitrogen and oxygen atoms in total. The number of aliphatic imine (C=N–C) groups is 1. The molecular weight excluding hydrogens is 285 g/mol. The van der Waals surface area contributed by atoms with Crippen molar-refractivity contribution in [2.45, 2.75) is 19.4 Å². The van der Waals surface area contributed by atoms with Crippen molar-refractivity contribution in [3.63, 3.8) is 0 Å². The second-order valence-electron chi connectivity index (χ2n) is 6.16. The number of nitrogens with zero attached hydrogens (tertiary/aromatic N) is 2. The summed E-state index contributed by atoms with van der Waals surface area (Å²) in [5.41, 5.74) is 1.05. The lowest BCUT2D eigenvalue weighted by atomic mass is 9.87. The molecule has 1 atom stereocenters. The van der Waals surface area contributed by atoms with Crippen molar-refractivity contribution in [1.29, 1.82) is 0 Å². The number of rotatable bonds is 2. The number of hydrogen-bond acceptors (Lipinski definition) is 3. The summed E-state index contributed by atoms with van der Waals surface area (Å²) in [5, 5.41) is 12.5. The normalized spacial score (nSPS) is 25.2. The minimum atomic E-state index is -0.600. The highest BCUT2D eigenvalue weighted by Crippen LogP contribution is 2.38. The Balaban J connectivity index is 1.59. The third-order valence-corrected chi connectivity index (χ3v) is 4.60. The van der Waals surface area contributed by atoms with Crippen molar-refractivity contribution in [2.24, 2.45) is 10.4 Å². The van der Waals surface area contributed by atoms with Gasteiger partial charge in [-0.05, 0) is 30.5 Å². The zero-order chi connectivity index (χ0) is 15.6. The van der Waals surface area contributed by atoms with Crippen LogP contribution in [0, 0.1) is 11.2 Å². The van der Waals surface area contributed by atoms with Gasteiger partial charge in [0.2, 0.25) is 0 Å². The van der Waals surface area contributed by atoms with E-state index in [0.29, 0.717) is 6.54 Å². The van der Waals surface area contributed by atoms with E-state index < -0.39 is 5.82 Å². The number of halogens is 1. The second-order valence-corrected chi connectivity index (χ2v) is 6.16. The predicted molar refractivity (Wildman–Crippen MR) is 82.3 cm³/mol. The van der Waals surface area contributed by atoms with E-state index in [4.69, 9.17) is 4.74 Å². The number of guanidine groups is 1. The molecule has 22 heavy (non-hydrogen) atoms. The fourth-order valence-electron chi connectivity index (χ4n) is 3.26. The Kier molecular flexibility index (Phi) is 4.20. The van der Waals surface area contributed by atoms with Crippen LogP contribution in [0.5, 0.6) is 5.75 Å². The lowest BCUT2D eigenvalue weighted by molar-refractivity contribution is 0.156. The van der Waals surface area contributed by atoms with Gasteiger partial charge in [-0.2, -0.15) is 0 Å². The SMILES string of the molecule is CN=C(NCc1ccc(O)c(F)c1)N1CCC2(CCOC2)C1. The molecule has 0 aromatic heterocycles. The standard InChI is InChI=1S/C16H22FN3O2/c1-18-15(19-9-12-2-3-14(21)13(17)8-12)20-6-4-16(10-20)5-7-22-11-16/h2-3,8,21H,4-7,9-11H2,1H3,(H,18,19). The van der Waals surface area contributed by atoms with Gasteiger partial charge in [0.15, 0.2) is 17.5 Å². The fraction of sp³-hybridized carbons (Fsp3) is 0.562. The van der Waals surface area contributed by atoms with Gasteiger partial charge >= 0.3 is 0 Å². The summed E-state index contributed by atoms with van der Waals surface area (Å²) >= 11 is 0. The molecule has 0 saturated carbocycles. The smallest absolute Gasteiger partial charge is 0.193 e. The number of aromatic hydroxyl groups is 1. The third kappa shape index (κ3) is 3.02. The van der Waals surface area contributed by atoms with Gasteiger partial charge in [0.1, 0.15) is 0 Å². The van der Waals surface area contributed by atoms with E-state index in [1.165, 1.54) is 12.1 Å². The first-order valence-corrected chi connectivity index (χ1v) is 7.63. The average Bonchev–Trinajstić information content (AvgIpc) is 3.14. The van der Waals surface area contributed by atoms with Crippen LogP contribution in [-0.4, -0.2) is 49.3 Å². The highest BCUT2D eigenvalue weighted by Gasteiger charge is 2.42. The molecule has 0 bridgehead atoms. The summed E-state index contributed by atoms with van der Waals surface area (Å²) < 4.78 is 18.9. The zero-order valence-corrected chi connectivity index (χ0v) is 12.8. The van der Waals surface area contributed by atoms with Crippen LogP contribution >= 0.6 is 0 Å². The van der Waals surface area contributed by atoms with Gasteiger partial charge in [-0.15, -0.1) is 0 Å². The van der Waals surface area contributed by atoms with Crippen LogP contribution in [0.25, 0.3) is 0 Å². The van der Waals surface area contributed by atoms with Gasteiger partial charge in [-0.1, -0.05) is 6.07 Å². The van der Waals surface area contributed by atoms with E-state index in [2.05, 4.69) is 15.2 Å². The molecule has 1 unspecified atom stereocenters. The summed E-state index contributed by atoms with van der Waals surface area (Å²) in [5.74, 6) is -0.0920. The van der Waals surface area contributed by atoms with Crippen LogP contribution in [0.1, 0.15) is 18.4 Å². The van der Waals surface area contributed by atoms with Gasteiger partial charge in [0.25, 0.3) is 0 Å². The zero-order valence-electron chi connectivity index (χ0n) is 12.8. The van der Waals surface area contributed by atoms with Crippen molar-refractivity contribution >= 4 is 5.96 Å². The predicted octanol–water partition coefficient (Wildman–Crippen LogP) is 1.72. The summed E-state index contributed by atoms with van der Waals surface area (Å²) in [4.78, 5) is 6.57. The molecule has 2 aliphatic heterocycles. The first kappa shape index (κ1) is 15.1. The monoisotopic (exact) mass is 307 g/mol. The minimum Gasteiger partial charge on any atom is -0.505 e. The van der Waals surface area contributed by atoms with Crippen molar-refractivity contribution in [2.75, 3.05) is 33.4 Å². The molecule has 1 aromatic rings. The largest absolute Gasteiger partial charge is 0.505 e. The Morgan fingerprint density at radius 1 is 1.50 bits per heavy atom. The molecule has 1 spiro atoms. The van der Waals surface area contributed by atoms with Crippen molar-refractivity contribution in [3.8, 4) is 5.75 Å². The molecule has 1 aromatic carbocycles. The van der Waals surface area contributed by atoms with Crippen molar-refractivity contribution < 1.29 is 14.2 Å². The molecule has 0 amide bonds. The lowest BCUT2D eigenvalue weighted by Crippen LogP contribution is -2.41. The average molecular weight is 307 g/mol. The first-order valence-electron chi connectivity index (χ1n) is 7.63. The van der Waals surface area contributed by atoms with Crippen LogP contribution in [0.2, 0.25) is 0 Å². The Hall–Kier alpha value is -1.82. The van der Waals surface area contributed by atoms with E-state index in [9.17, 15) is 9.50 Å². The van der Waals surface area contributed by atoms with Gasteiger partial charge in [0.05, 0.1) is 6.61 Å². The molecule has 2 fully saturated rings. The van der Waals surface area contributed by atoms with Gasteiger partial charge in [-0.3, -0.25) is 4.99 Å². The molecule has 3 rings (SSSR count). The second kappa shape index (κ2) is 6.12. The number of phenolic OH excluding ortho intramolecular Hbond substituents is 1. The van der Waals surface area contributed by atoms with E-state index in [1.807, 2.05) is 0 Å². The highest BCUT2D eigenvalue weighted by atomic mass is 19.1. The highest BCUT2D eigenvalue weighted by molar-refractivity contribution is 5.80. The Morgan fingerprint density at radius 2 is 2.36 bits per heavy atom. The summed E-state index contributed by atoms with van der Waals surface area (Å²) in [6, 6.07) is 4.41.